The van der Waals surface area contributed by atoms with Gasteiger partial charge in [0.2, 0.25) is 0 Å². The molecule has 2 rings (SSSR count). The Morgan fingerprint density at radius 1 is 1.38 bits per heavy atom. The number of anilines is 1. The minimum absolute atomic E-state index is 0.168. The van der Waals surface area contributed by atoms with Gasteiger partial charge in [-0.3, -0.25) is 9.78 Å². The van der Waals surface area contributed by atoms with Crippen LogP contribution in [0.15, 0.2) is 47.7 Å². The summed E-state index contributed by atoms with van der Waals surface area (Å²) in [5.74, 6) is -0.208. The van der Waals surface area contributed by atoms with Crippen LogP contribution >= 0.6 is 22.6 Å². The van der Waals surface area contributed by atoms with Crippen molar-refractivity contribution in [2.45, 2.75) is 6.92 Å². The molecular formula is C15H15IN4O. The molecule has 5 nitrogen and oxygen atoms in total. The third kappa shape index (κ3) is 5.14. The predicted molar refractivity (Wildman–Crippen MR) is 92.4 cm³/mol. The summed E-state index contributed by atoms with van der Waals surface area (Å²) in [6, 6.07) is 11.5. The van der Waals surface area contributed by atoms with E-state index in [9.17, 15) is 4.79 Å². The van der Waals surface area contributed by atoms with E-state index < -0.39 is 0 Å². The number of nitrogens with one attached hydrogen (secondary N) is 2. The van der Waals surface area contributed by atoms with Gasteiger partial charge in [0.05, 0.1) is 18.5 Å². The number of hydrazone groups is 1. The van der Waals surface area contributed by atoms with Crippen molar-refractivity contribution in [3.8, 4) is 0 Å². The zero-order chi connectivity index (χ0) is 15.1. The molecule has 1 aromatic heterocycles. The lowest BCUT2D eigenvalue weighted by atomic mass is 10.2. The zero-order valence-electron chi connectivity index (χ0n) is 11.5. The van der Waals surface area contributed by atoms with E-state index in [1.165, 1.54) is 9.78 Å². The van der Waals surface area contributed by atoms with Crippen LogP contribution in [0.5, 0.6) is 0 Å². The quantitative estimate of drug-likeness (QED) is 0.466. The van der Waals surface area contributed by atoms with Crippen molar-refractivity contribution in [3.63, 3.8) is 0 Å². The highest BCUT2D eigenvalue weighted by molar-refractivity contribution is 14.1. The third-order valence-corrected chi connectivity index (χ3v) is 3.37. The molecule has 0 unspecified atom stereocenters. The summed E-state index contributed by atoms with van der Waals surface area (Å²) in [5.41, 5.74) is 5.20. The summed E-state index contributed by atoms with van der Waals surface area (Å²) in [7, 11) is 0. The van der Waals surface area contributed by atoms with Crippen LogP contribution in [0.3, 0.4) is 0 Å². The number of amides is 1. The topological polar surface area (TPSA) is 66.4 Å². The number of aryl methyl sites for hydroxylation is 1. The van der Waals surface area contributed by atoms with E-state index in [0.29, 0.717) is 5.69 Å². The molecule has 21 heavy (non-hydrogen) atoms. The predicted octanol–water partition coefficient (Wildman–Crippen LogP) is 2.56. The molecule has 108 valence electrons. The number of hydrogen-bond donors (Lipinski definition) is 2. The molecule has 2 N–H and O–H groups in total. The van der Waals surface area contributed by atoms with Gasteiger partial charge < -0.3 is 5.32 Å². The van der Waals surface area contributed by atoms with Crippen molar-refractivity contribution in [1.82, 2.24) is 10.4 Å². The second-order valence-corrected chi connectivity index (χ2v) is 5.61. The van der Waals surface area contributed by atoms with Gasteiger partial charge in [-0.1, -0.05) is 6.07 Å². The molecule has 1 amide bonds. The lowest BCUT2D eigenvalue weighted by Crippen LogP contribution is -2.26. The van der Waals surface area contributed by atoms with Gasteiger partial charge >= 0.3 is 0 Å². The van der Waals surface area contributed by atoms with Crippen LogP contribution in [0, 0.1) is 10.5 Å². The first-order valence-electron chi connectivity index (χ1n) is 6.38. The molecule has 0 radical (unpaired) electrons. The first kappa shape index (κ1) is 15.4. The van der Waals surface area contributed by atoms with Crippen LogP contribution in [0.1, 0.15) is 11.3 Å². The fraction of sp³-hybridized carbons (Fsp3) is 0.133. The second-order valence-electron chi connectivity index (χ2n) is 4.36. The average Bonchev–Trinajstić information content (AvgIpc) is 2.47. The van der Waals surface area contributed by atoms with E-state index in [1.807, 2.05) is 37.3 Å². The highest BCUT2D eigenvalue weighted by atomic mass is 127. The number of aromatic nitrogens is 1. The van der Waals surface area contributed by atoms with Gasteiger partial charge in [-0.2, -0.15) is 5.10 Å². The van der Waals surface area contributed by atoms with Crippen LogP contribution in [0.2, 0.25) is 0 Å². The summed E-state index contributed by atoms with van der Waals surface area (Å²) in [4.78, 5) is 15.7. The molecule has 0 aliphatic carbocycles. The maximum absolute atomic E-state index is 11.7. The number of carbonyl (C=O) groups is 1. The Morgan fingerprint density at radius 2 is 2.24 bits per heavy atom. The molecule has 0 aliphatic heterocycles. The van der Waals surface area contributed by atoms with Gasteiger partial charge in [-0.05, 0) is 65.4 Å². The Labute approximate surface area is 137 Å². The molecule has 0 atom stereocenters. The number of hydrogen-bond acceptors (Lipinski definition) is 4. The van der Waals surface area contributed by atoms with E-state index in [2.05, 4.69) is 49.5 Å². The second kappa shape index (κ2) is 7.72. The van der Waals surface area contributed by atoms with Gasteiger partial charge in [0.15, 0.2) is 0 Å². The van der Waals surface area contributed by atoms with Crippen LogP contribution in [0.4, 0.5) is 5.69 Å². The number of benzene rings is 1. The summed E-state index contributed by atoms with van der Waals surface area (Å²) in [6.07, 6.45) is 3.18. The lowest BCUT2D eigenvalue weighted by Gasteiger charge is -2.08. The monoisotopic (exact) mass is 394 g/mol. The van der Waals surface area contributed by atoms with Crippen molar-refractivity contribution >= 4 is 40.4 Å². The molecule has 2 aromatic rings. The molecule has 1 heterocycles. The Balaban J connectivity index is 1.81. The van der Waals surface area contributed by atoms with Crippen LogP contribution in [0.25, 0.3) is 0 Å². The highest BCUT2D eigenvalue weighted by Gasteiger charge is 2.02. The van der Waals surface area contributed by atoms with E-state index in [1.54, 1.807) is 6.20 Å². The first-order chi connectivity index (χ1) is 10.1. The van der Waals surface area contributed by atoms with E-state index in [-0.39, 0.29) is 12.5 Å². The van der Waals surface area contributed by atoms with Gasteiger partial charge in [-0.15, -0.1) is 0 Å². The molecule has 0 fully saturated rings. The van der Waals surface area contributed by atoms with E-state index in [0.717, 1.165) is 11.3 Å². The highest BCUT2D eigenvalue weighted by Crippen LogP contribution is 2.17. The van der Waals surface area contributed by atoms with Crippen molar-refractivity contribution in [2.75, 3.05) is 11.9 Å². The Kier molecular flexibility index (Phi) is 5.68. The fourth-order valence-electron chi connectivity index (χ4n) is 1.66. The maximum Gasteiger partial charge on any atom is 0.259 e. The number of pyridine rings is 1. The zero-order valence-corrected chi connectivity index (χ0v) is 13.7. The average molecular weight is 394 g/mol. The van der Waals surface area contributed by atoms with Crippen molar-refractivity contribution in [2.24, 2.45) is 5.10 Å². The third-order valence-electron chi connectivity index (χ3n) is 2.70. The van der Waals surface area contributed by atoms with Crippen molar-refractivity contribution in [1.29, 1.82) is 0 Å². The normalized spacial score (nSPS) is 10.6. The molecule has 1 aromatic carbocycles. The van der Waals surface area contributed by atoms with Crippen LogP contribution in [-0.4, -0.2) is 23.7 Å². The minimum atomic E-state index is -0.208. The van der Waals surface area contributed by atoms with E-state index >= 15 is 0 Å². The fourth-order valence-corrected chi connectivity index (χ4v) is 2.31. The minimum Gasteiger partial charge on any atom is -0.376 e. The smallest absolute Gasteiger partial charge is 0.259 e. The number of rotatable bonds is 5. The molecule has 0 spiro atoms. The number of halogens is 1. The van der Waals surface area contributed by atoms with Crippen molar-refractivity contribution in [3.05, 3.63) is 57.4 Å². The molecule has 0 aliphatic rings. The van der Waals surface area contributed by atoms with Crippen LogP contribution in [-0.2, 0) is 4.79 Å². The number of nitrogens with zero attached hydrogens (tertiary/aromatic N) is 2. The summed E-state index contributed by atoms with van der Waals surface area (Å²) in [6.45, 7) is 2.17. The molecular weight excluding hydrogens is 379 g/mol. The van der Waals surface area contributed by atoms with Gasteiger partial charge in [0.1, 0.15) is 0 Å². The van der Waals surface area contributed by atoms with Gasteiger partial charge in [-0.25, -0.2) is 5.43 Å². The molecule has 0 saturated carbocycles. The standard InChI is InChI=1S/C15H15IN4O/c1-11-8-12(16)5-6-14(11)18-10-15(21)20-19-9-13-4-2-3-7-17-13/h2-9,18H,10H2,1H3,(H,20,21). The largest absolute Gasteiger partial charge is 0.376 e. The summed E-state index contributed by atoms with van der Waals surface area (Å²) >= 11 is 2.26. The van der Waals surface area contributed by atoms with Crippen molar-refractivity contribution < 1.29 is 4.79 Å². The summed E-state index contributed by atoms with van der Waals surface area (Å²) in [5, 5.41) is 6.95. The first-order valence-corrected chi connectivity index (χ1v) is 7.46. The Bertz CT molecular complexity index is 643. The van der Waals surface area contributed by atoms with Crippen LogP contribution < -0.4 is 10.7 Å². The van der Waals surface area contributed by atoms with Gasteiger partial charge in [0.25, 0.3) is 5.91 Å². The molecule has 6 heteroatoms. The van der Waals surface area contributed by atoms with E-state index in [4.69, 9.17) is 0 Å². The summed E-state index contributed by atoms with van der Waals surface area (Å²) < 4.78 is 1.17. The Hall–Kier alpha value is -1.96. The molecule has 0 bridgehead atoms. The molecule has 0 saturated heterocycles. The Morgan fingerprint density at radius 3 is 2.95 bits per heavy atom. The van der Waals surface area contributed by atoms with Gasteiger partial charge in [0, 0.05) is 15.5 Å². The SMILES string of the molecule is Cc1cc(I)ccc1NCC(=O)NN=Cc1ccccn1. The number of carbonyl (C=O) groups excluding carboxylic acids is 1. The maximum atomic E-state index is 11.7. The lowest BCUT2D eigenvalue weighted by molar-refractivity contribution is -0.119.